The van der Waals surface area contributed by atoms with Gasteiger partial charge in [-0.25, -0.2) is 4.98 Å². The van der Waals surface area contributed by atoms with Crippen LogP contribution in [0.2, 0.25) is 0 Å². The monoisotopic (exact) mass is 224 g/mol. The van der Waals surface area contributed by atoms with Crippen molar-refractivity contribution >= 4 is 11.8 Å². The number of nitrogens with zero attached hydrogens (tertiary/aromatic N) is 3. The zero-order chi connectivity index (χ0) is 11.5. The molecule has 0 aromatic carbocycles. The number of nitrogens with two attached hydrogens (primary N) is 1. The molecule has 1 saturated heterocycles. The van der Waals surface area contributed by atoms with Crippen LogP contribution < -0.4 is 10.6 Å². The first-order valence-corrected chi connectivity index (χ1v) is 5.25. The number of hydrogen-bond donors (Lipinski definition) is 2. The molecule has 0 unspecified atom stereocenters. The van der Waals surface area contributed by atoms with Gasteiger partial charge in [0.1, 0.15) is 5.82 Å². The molecule has 6 heteroatoms. The summed E-state index contributed by atoms with van der Waals surface area (Å²) in [5, 5.41) is 9.82. The lowest BCUT2D eigenvalue weighted by Crippen LogP contribution is -2.48. The van der Waals surface area contributed by atoms with E-state index in [1.54, 1.807) is 19.4 Å². The first-order valence-electron chi connectivity index (χ1n) is 5.25. The number of hydrogen-bond acceptors (Lipinski definition) is 6. The summed E-state index contributed by atoms with van der Waals surface area (Å²) in [6.45, 7) is 1.24. The first kappa shape index (κ1) is 11.1. The van der Waals surface area contributed by atoms with Crippen LogP contribution in [0.1, 0.15) is 6.42 Å². The third kappa shape index (κ3) is 2.23. The van der Waals surface area contributed by atoms with E-state index < -0.39 is 6.10 Å². The van der Waals surface area contributed by atoms with Crippen LogP contribution in [0.25, 0.3) is 0 Å². The number of aliphatic hydroxyl groups excluding tert-OH is 1. The molecule has 1 aliphatic rings. The molecule has 1 aromatic rings. The average molecular weight is 224 g/mol. The molecule has 2 atom stereocenters. The fraction of sp³-hybridized carbons (Fsp3) is 0.600. The van der Waals surface area contributed by atoms with Crippen LogP contribution in [0.5, 0.6) is 0 Å². The number of nitrogen functional groups attached to an aromatic ring is 1. The Bertz CT molecular complexity index is 360. The Kier molecular flexibility index (Phi) is 3.21. The van der Waals surface area contributed by atoms with Crippen molar-refractivity contribution in [3.63, 3.8) is 0 Å². The summed E-state index contributed by atoms with van der Waals surface area (Å²) in [6, 6.07) is 1.64. The predicted octanol–water partition coefficient (Wildman–Crippen LogP) is -0.355. The van der Waals surface area contributed by atoms with E-state index in [0.29, 0.717) is 18.3 Å². The third-order valence-corrected chi connectivity index (χ3v) is 2.77. The summed E-state index contributed by atoms with van der Waals surface area (Å²) in [6.07, 6.45) is 1.77. The zero-order valence-electron chi connectivity index (χ0n) is 9.21. The maximum atomic E-state index is 9.82. The van der Waals surface area contributed by atoms with Crippen LogP contribution in [0, 0.1) is 0 Å². The summed E-state index contributed by atoms with van der Waals surface area (Å²) < 4.78 is 5.17. The number of ether oxygens (including phenoxy) is 1. The van der Waals surface area contributed by atoms with Crippen LogP contribution in [0.15, 0.2) is 12.3 Å². The van der Waals surface area contributed by atoms with Gasteiger partial charge in [-0.2, -0.15) is 4.98 Å². The lowest BCUT2D eigenvalue weighted by Gasteiger charge is -2.35. The molecular weight excluding hydrogens is 208 g/mol. The molecule has 0 aliphatic carbocycles. The average Bonchev–Trinajstić information content (AvgIpc) is 2.29. The van der Waals surface area contributed by atoms with Gasteiger partial charge in [0.25, 0.3) is 0 Å². The molecule has 88 valence electrons. The fourth-order valence-electron chi connectivity index (χ4n) is 1.88. The molecule has 1 aromatic heterocycles. The highest BCUT2D eigenvalue weighted by Gasteiger charge is 2.28. The Hall–Kier alpha value is -1.40. The van der Waals surface area contributed by atoms with Crippen LogP contribution in [-0.4, -0.2) is 47.5 Å². The molecule has 1 aliphatic heterocycles. The Morgan fingerprint density at radius 3 is 3.06 bits per heavy atom. The Labute approximate surface area is 94.1 Å². The van der Waals surface area contributed by atoms with Crippen LogP contribution in [0.4, 0.5) is 11.8 Å². The number of aliphatic hydroxyl groups is 1. The zero-order valence-corrected chi connectivity index (χ0v) is 9.21. The molecule has 1 fully saturated rings. The minimum absolute atomic E-state index is 0.0997. The topological polar surface area (TPSA) is 84.5 Å². The number of aromatic nitrogens is 2. The molecule has 0 saturated carbocycles. The lowest BCUT2D eigenvalue weighted by molar-refractivity contribution is -0.0219. The summed E-state index contributed by atoms with van der Waals surface area (Å²) in [4.78, 5) is 10.2. The second kappa shape index (κ2) is 4.63. The molecule has 0 spiro atoms. The largest absolute Gasteiger partial charge is 0.389 e. The molecule has 0 radical (unpaired) electrons. The smallest absolute Gasteiger partial charge is 0.227 e. The lowest BCUT2D eigenvalue weighted by atomic mass is 10.1. The summed E-state index contributed by atoms with van der Waals surface area (Å²) in [7, 11) is 1.61. The first-order chi connectivity index (χ1) is 7.70. The van der Waals surface area contributed by atoms with E-state index >= 15 is 0 Å². The van der Waals surface area contributed by atoms with Crippen molar-refractivity contribution in [1.82, 2.24) is 9.97 Å². The normalized spacial score (nSPS) is 25.8. The number of β-amino-alcohol motifs (C(OH)–C–C–N with tert-alkyl or cyclic N) is 1. The van der Waals surface area contributed by atoms with Gasteiger partial charge in [-0.3, -0.25) is 0 Å². The molecule has 3 N–H and O–H groups in total. The van der Waals surface area contributed by atoms with Gasteiger partial charge < -0.3 is 20.5 Å². The minimum Gasteiger partial charge on any atom is -0.389 e. The molecule has 2 rings (SSSR count). The number of piperidine rings is 1. The summed E-state index contributed by atoms with van der Waals surface area (Å²) >= 11 is 0. The summed E-state index contributed by atoms with van der Waals surface area (Å²) in [5.41, 5.74) is 5.59. The number of rotatable bonds is 2. The Balaban J connectivity index is 2.07. The Morgan fingerprint density at radius 2 is 2.44 bits per heavy atom. The van der Waals surface area contributed by atoms with Gasteiger partial charge >= 0.3 is 0 Å². The van der Waals surface area contributed by atoms with E-state index in [1.165, 1.54) is 0 Å². The van der Waals surface area contributed by atoms with Gasteiger partial charge in [-0.05, 0) is 12.5 Å². The SMILES string of the molecule is CO[C@H]1CCN(c2nccc(N)n2)C[C@H]1O. The van der Waals surface area contributed by atoms with E-state index in [1.807, 2.05) is 4.90 Å². The second-order valence-corrected chi connectivity index (χ2v) is 3.86. The summed E-state index contributed by atoms with van der Waals surface area (Å²) in [5.74, 6) is 1.00. The van der Waals surface area contributed by atoms with Gasteiger partial charge in [-0.15, -0.1) is 0 Å². The van der Waals surface area contributed by atoms with Crippen LogP contribution >= 0.6 is 0 Å². The maximum absolute atomic E-state index is 9.82. The second-order valence-electron chi connectivity index (χ2n) is 3.86. The molecule has 2 heterocycles. The van der Waals surface area contributed by atoms with Crippen LogP contribution in [0.3, 0.4) is 0 Å². The van der Waals surface area contributed by atoms with E-state index in [4.69, 9.17) is 10.5 Å². The van der Waals surface area contributed by atoms with Crippen molar-refractivity contribution in [2.45, 2.75) is 18.6 Å². The molecule has 6 nitrogen and oxygen atoms in total. The highest BCUT2D eigenvalue weighted by atomic mass is 16.5. The van der Waals surface area contributed by atoms with Crippen molar-refractivity contribution in [2.24, 2.45) is 0 Å². The van der Waals surface area contributed by atoms with Crippen molar-refractivity contribution in [3.8, 4) is 0 Å². The van der Waals surface area contributed by atoms with E-state index in [-0.39, 0.29) is 6.10 Å². The van der Waals surface area contributed by atoms with Gasteiger partial charge in [0, 0.05) is 26.4 Å². The van der Waals surface area contributed by atoms with E-state index in [2.05, 4.69) is 9.97 Å². The van der Waals surface area contributed by atoms with E-state index in [0.717, 1.165) is 13.0 Å². The Morgan fingerprint density at radius 1 is 1.62 bits per heavy atom. The molecule has 0 bridgehead atoms. The molecule has 0 amide bonds. The van der Waals surface area contributed by atoms with Gasteiger partial charge in [0.2, 0.25) is 5.95 Å². The van der Waals surface area contributed by atoms with Crippen molar-refractivity contribution in [2.75, 3.05) is 30.8 Å². The van der Waals surface area contributed by atoms with E-state index in [9.17, 15) is 5.11 Å². The quantitative estimate of drug-likeness (QED) is 0.714. The van der Waals surface area contributed by atoms with Gasteiger partial charge in [0.05, 0.1) is 12.2 Å². The van der Waals surface area contributed by atoms with Gasteiger partial charge in [0.15, 0.2) is 0 Å². The molecule has 16 heavy (non-hydrogen) atoms. The van der Waals surface area contributed by atoms with Gasteiger partial charge in [-0.1, -0.05) is 0 Å². The number of anilines is 2. The molecular formula is C10H16N4O2. The maximum Gasteiger partial charge on any atom is 0.227 e. The fourth-order valence-corrected chi connectivity index (χ4v) is 1.88. The van der Waals surface area contributed by atoms with Crippen LogP contribution in [-0.2, 0) is 4.74 Å². The van der Waals surface area contributed by atoms with Crippen molar-refractivity contribution in [1.29, 1.82) is 0 Å². The van der Waals surface area contributed by atoms with Crippen molar-refractivity contribution < 1.29 is 9.84 Å². The third-order valence-electron chi connectivity index (χ3n) is 2.77. The minimum atomic E-state index is -0.510. The van der Waals surface area contributed by atoms with Crippen molar-refractivity contribution in [3.05, 3.63) is 12.3 Å². The standard InChI is InChI=1S/C10H16N4O2/c1-16-8-3-5-14(6-7(8)15)10-12-4-2-9(11)13-10/h2,4,7-8,15H,3,5-6H2,1H3,(H2,11,12,13)/t7-,8+/m1/s1. The highest BCUT2D eigenvalue weighted by molar-refractivity contribution is 5.38. The number of methoxy groups -OCH3 is 1. The highest BCUT2D eigenvalue weighted by Crippen LogP contribution is 2.18. The predicted molar refractivity (Wildman–Crippen MR) is 60.1 cm³/mol.